The van der Waals surface area contributed by atoms with E-state index in [4.69, 9.17) is 21.7 Å². The van der Waals surface area contributed by atoms with Crippen molar-refractivity contribution in [2.75, 3.05) is 50.1 Å². The Hall–Kier alpha value is -3.19. The molecule has 4 rings (SSSR count). The van der Waals surface area contributed by atoms with Gasteiger partial charge in [0, 0.05) is 50.0 Å². The van der Waals surface area contributed by atoms with Gasteiger partial charge in [-0.05, 0) is 43.9 Å². The van der Waals surface area contributed by atoms with Crippen LogP contribution in [0.4, 0.5) is 30.2 Å². The van der Waals surface area contributed by atoms with Crippen LogP contribution in [0, 0.1) is 10.1 Å². The number of hydrogen-bond acceptors (Lipinski definition) is 8. The number of nitrogens with one attached hydrogen (secondary N) is 1. The molecule has 206 valence electrons. The van der Waals surface area contributed by atoms with Crippen LogP contribution in [0.1, 0.15) is 31.2 Å². The molecule has 1 aromatic heterocycles. The third-order valence-electron chi connectivity index (χ3n) is 6.91. The summed E-state index contributed by atoms with van der Waals surface area (Å²) in [7, 11) is 1.59. The summed E-state index contributed by atoms with van der Waals surface area (Å²) in [4.78, 5) is 19.4. The number of nitro benzene ring substituents is 1. The number of alkyl halides is 3. The molecule has 1 N–H and O–H groups in total. The van der Waals surface area contributed by atoms with Crippen molar-refractivity contribution in [3.63, 3.8) is 0 Å². The largest absolute Gasteiger partial charge is 0.481 e. The maximum Gasteiger partial charge on any atom is 0.423 e. The molecule has 1 aliphatic heterocycles. The summed E-state index contributed by atoms with van der Waals surface area (Å²) in [5.41, 5.74) is -0.936. The molecule has 1 aromatic carbocycles. The van der Waals surface area contributed by atoms with E-state index in [1.165, 1.54) is 6.07 Å². The molecule has 0 atom stereocenters. The maximum absolute atomic E-state index is 13.3. The first-order chi connectivity index (χ1) is 18.1. The molecule has 0 bridgehead atoms. The van der Waals surface area contributed by atoms with Crippen LogP contribution in [0.25, 0.3) is 0 Å². The predicted molar refractivity (Wildman–Crippen MR) is 141 cm³/mol. The number of hydrogen-bond donors (Lipinski definition) is 1. The fraction of sp³-hybridized carbons (Fsp3) is 0.520. The molecule has 2 fully saturated rings. The second kappa shape index (κ2) is 12.1. The number of nitrogens with zero attached hydrogens (tertiary/aromatic N) is 4. The molecule has 0 spiro atoms. The second-order valence-electron chi connectivity index (χ2n) is 9.34. The highest BCUT2D eigenvalue weighted by atomic mass is 32.1. The van der Waals surface area contributed by atoms with Gasteiger partial charge in [0.25, 0.3) is 5.69 Å². The Balaban J connectivity index is 1.19. The van der Waals surface area contributed by atoms with Gasteiger partial charge >= 0.3 is 6.18 Å². The van der Waals surface area contributed by atoms with Crippen LogP contribution in [-0.2, 0) is 10.9 Å². The Morgan fingerprint density at radius 2 is 1.87 bits per heavy atom. The number of nitro groups is 1. The molecular formula is C25H30F3N5O4S. The smallest absolute Gasteiger partial charge is 0.423 e. The number of ether oxygens (including phenoxy) is 2. The van der Waals surface area contributed by atoms with E-state index >= 15 is 0 Å². The van der Waals surface area contributed by atoms with E-state index in [-0.39, 0.29) is 17.8 Å². The van der Waals surface area contributed by atoms with Crippen molar-refractivity contribution in [3.05, 3.63) is 52.2 Å². The molecule has 1 saturated heterocycles. The number of pyridine rings is 1. The van der Waals surface area contributed by atoms with E-state index in [9.17, 15) is 23.3 Å². The van der Waals surface area contributed by atoms with Crippen LogP contribution in [0.5, 0.6) is 5.88 Å². The van der Waals surface area contributed by atoms with Crippen LogP contribution < -0.4 is 15.0 Å². The molecule has 2 heterocycles. The van der Waals surface area contributed by atoms with E-state index in [0.717, 1.165) is 61.8 Å². The predicted octanol–water partition coefficient (Wildman–Crippen LogP) is 4.91. The molecule has 9 nitrogen and oxygen atoms in total. The minimum Gasteiger partial charge on any atom is -0.481 e. The average Bonchev–Trinajstić information content (AvgIpc) is 2.92. The molecule has 1 saturated carbocycles. The van der Waals surface area contributed by atoms with E-state index in [0.29, 0.717) is 25.3 Å². The average molecular weight is 554 g/mol. The van der Waals surface area contributed by atoms with E-state index in [1.54, 1.807) is 13.3 Å². The summed E-state index contributed by atoms with van der Waals surface area (Å²) in [6, 6.07) is 6.82. The Labute approximate surface area is 224 Å². The lowest BCUT2D eigenvalue weighted by Crippen LogP contribution is -2.49. The Morgan fingerprint density at radius 1 is 1.16 bits per heavy atom. The molecule has 38 heavy (non-hydrogen) atoms. The highest BCUT2D eigenvalue weighted by Crippen LogP contribution is 2.38. The van der Waals surface area contributed by atoms with Gasteiger partial charge < -0.3 is 24.6 Å². The zero-order valence-electron chi connectivity index (χ0n) is 20.9. The maximum atomic E-state index is 13.3. The van der Waals surface area contributed by atoms with Gasteiger partial charge in [0.1, 0.15) is 10.6 Å². The zero-order chi connectivity index (χ0) is 27.3. The molecule has 13 heteroatoms. The third-order valence-corrected chi connectivity index (χ3v) is 7.29. The number of halogens is 3. The standard InChI is InChI=1S/C25H30F3N5O4S/c1-36-23-9-5-19(15-29-23)31-10-12-32(13-11-31)24(38)16-37-20-6-2-17(3-7-20)30-18-4-8-22(33(34)35)21(14-18)25(26,27)28/h4-5,8-9,14-15,17,20,30H,2-3,6-7,10-13,16H2,1H3/t17-,20-. The van der Waals surface area contributed by atoms with Crippen molar-refractivity contribution in [2.45, 2.75) is 44.0 Å². The molecule has 2 aliphatic rings. The molecular weight excluding hydrogens is 523 g/mol. The minimum atomic E-state index is -4.80. The molecule has 0 unspecified atom stereocenters. The summed E-state index contributed by atoms with van der Waals surface area (Å²) < 4.78 is 50.9. The number of anilines is 2. The first-order valence-electron chi connectivity index (χ1n) is 12.4. The van der Waals surface area contributed by atoms with Gasteiger partial charge in [0.2, 0.25) is 5.88 Å². The first-order valence-corrected chi connectivity index (χ1v) is 12.8. The fourth-order valence-corrected chi connectivity index (χ4v) is 5.05. The van der Waals surface area contributed by atoms with Crippen molar-refractivity contribution in [3.8, 4) is 5.88 Å². The highest BCUT2D eigenvalue weighted by molar-refractivity contribution is 7.80. The molecule has 1 aliphatic carbocycles. The monoisotopic (exact) mass is 553 g/mol. The lowest BCUT2D eigenvalue weighted by molar-refractivity contribution is -0.388. The summed E-state index contributed by atoms with van der Waals surface area (Å²) in [5, 5.41) is 14.1. The third kappa shape index (κ3) is 7.01. The van der Waals surface area contributed by atoms with Gasteiger partial charge in [-0.1, -0.05) is 12.2 Å². The Morgan fingerprint density at radius 3 is 2.45 bits per heavy atom. The summed E-state index contributed by atoms with van der Waals surface area (Å²) in [6.07, 6.45) is -0.0499. The Bertz CT molecular complexity index is 1120. The zero-order valence-corrected chi connectivity index (χ0v) is 21.8. The summed E-state index contributed by atoms with van der Waals surface area (Å²) in [6.45, 7) is 3.59. The number of aromatic nitrogens is 1. The van der Waals surface area contributed by atoms with Gasteiger partial charge in [0.05, 0.1) is 36.6 Å². The second-order valence-corrected chi connectivity index (χ2v) is 9.81. The lowest BCUT2D eigenvalue weighted by Gasteiger charge is -2.37. The van der Waals surface area contributed by atoms with Crippen LogP contribution in [0.3, 0.4) is 0 Å². The van der Waals surface area contributed by atoms with Crippen molar-refractivity contribution < 1.29 is 27.6 Å². The van der Waals surface area contributed by atoms with Crippen LogP contribution in [0.2, 0.25) is 0 Å². The first kappa shape index (κ1) is 27.8. The topological polar surface area (TPSA) is 93.0 Å². The molecule has 0 radical (unpaired) electrons. The molecule has 0 amide bonds. The quantitative estimate of drug-likeness (QED) is 0.278. The number of methoxy groups -OCH3 is 1. The van der Waals surface area contributed by atoms with Crippen molar-refractivity contribution in [1.82, 2.24) is 9.88 Å². The van der Waals surface area contributed by atoms with Crippen molar-refractivity contribution in [1.29, 1.82) is 0 Å². The van der Waals surface area contributed by atoms with Crippen LogP contribution >= 0.6 is 12.2 Å². The van der Waals surface area contributed by atoms with Gasteiger partial charge in [-0.3, -0.25) is 10.1 Å². The van der Waals surface area contributed by atoms with Crippen molar-refractivity contribution >= 4 is 34.3 Å². The van der Waals surface area contributed by atoms with Gasteiger partial charge in [-0.25, -0.2) is 4.98 Å². The lowest BCUT2D eigenvalue weighted by atomic mass is 9.92. The van der Waals surface area contributed by atoms with Gasteiger partial charge in [-0.2, -0.15) is 13.2 Å². The van der Waals surface area contributed by atoms with E-state index in [1.807, 2.05) is 12.1 Å². The number of piperazine rings is 1. The van der Waals surface area contributed by atoms with Gasteiger partial charge in [-0.15, -0.1) is 0 Å². The Kier molecular flexibility index (Phi) is 8.87. The number of benzene rings is 1. The SMILES string of the molecule is COc1ccc(N2CCN(C(=S)CO[C@H]3CC[C@H](Nc4ccc([N+](=O)[O-])c(C(F)(F)F)c4)CC3)CC2)cn1. The highest BCUT2D eigenvalue weighted by Gasteiger charge is 2.38. The number of rotatable bonds is 8. The van der Waals surface area contributed by atoms with Gasteiger partial charge in [0.15, 0.2) is 0 Å². The minimum absolute atomic E-state index is 0.0280. The van der Waals surface area contributed by atoms with Crippen LogP contribution in [-0.4, -0.2) is 71.8 Å². The number of thiocarbonyl (C=S) groups is 1. The van der Waals surface area contributed by atoms with Crippen molar-refractivity contribution in [2.24, 2.45) is 0 Å². The van der Waals surface area contributed by atoms with E-state index in [2.05, 4.69) is 20.1 Å². The van der Waals surface area contributed by atoms with E-state index < -0.39 is 22.4 Å². The summed E-state index contributed by atoms with van der Waals surface area (Å²) in [5.74, 6) is 0.581. The normalized spacial score (nSPS) is 20.2. The summed E-state index contributed by atoms with van der Waals surface area (Å²) >= 11 is 5.61. The molecule has 2 aromatic rings. The van der Waals surface area contributed by atoms with Crippen LogP contribution in [0.15, 0.2) is 36.5 Å². The fourth-order valence-electron chi connectivity index (χ4n) is 4.80.